The van der Waals surface area contributed by atoms with Crippen LogP contribution in [0, 0.1) is 5.92 Å². The van der Waals surface area contributed by atoms with Gasteiger partial charge >= 0.3 is 0 Å². The van der Waals surface area contributed by atoms with Crippen LogP contribution in [0.5, 0.6) is 0 Å². The summed E-state index contributed by atoms with van der Waals surface area (Å²) in [7, 11) is 0. The van der Waals surface area contributed by atoms with E-state index in [1.54, 1.807) is 6.20 Å². The zero-order valence-corrected chi connectivity index (χ0v) is 17.0. The molecule has 2 aromatic rings. The molecule has 0 unspecified atom stereocenters. The number of fused-ring (bicyclic) bond motifs is 1. The van der Waals surface area contributed by atoms with E-state index in [1.807, 2.05) is 4.68 Å². The van der Waals surface area contributed by atoms with E-state index in [0.717, 1.165) is 38.1 Å². The van der Waals surface area contributed by atoms with Crippen molar-refractivity contribution in [2.24, 2.45) is 5.92 Å². The fourth-order valence-corrected chi connectivity index (χ4v) is 4.45. The van der Waals surface area contributed by atoms with Crippen LogP contribution in [0.2, 0.25) is 0 Å². The molecule has 2 fully saturated rings. The highest BCUT2D eigenvalue weighted by Gasteiger charge is 2.28. The zero-order chi connectivity index (χ0) is 19.2. The molecule has 1 aliphatic heterocycles. The third-order valence-electron chi connectivity index (χ3n) is 6.18. The number of anilines is 1. The highest BCUT2D eigenvalue weighted by atomic mass is 16.1. The van der Waals surface area contributed by atoms with Crippen LogP contribution < -0.4 is 10.5 Å². The van der Waals surface area contributed by atoms with Gasteiger partial charge in [-0.3, -0.25) is 14.7 Å². The molecular weight excluding hydrogens is 340 g/mol. The smallest absolute Gasteiger partial charge is 0.263 e. The number of hydrogen-bond acceptors (Lipinski definition) is 5. The maximum atomic E-state index is 12.5. The molecule has 4 rings (SSSR count). The van der Waals surface area contributed by atoms with E-state index < -0.39 is 0 Å². The van der Waals surface area contributed by atoms with Gasteiger partial charge < -0.3 is 4.90 Å². The van der Waals surface area contributed by atoms with E-state index >= 15 is 0 Å². The van der Waals surface area contributed by atoms with E-state index in [4.69, 9.17) is 4.98 Å². The van der Waals surface area contributed by atoms with Crippen molar-refractivity contribution in [1.82, 2.24) is 24.6 Å². The Balaban J connectivity index is 1.51. The van der Waals surface area contributed by atoms with Crippen LogP contribution in [0.15, 0.2) is 11.0 Å². The summed E-state index contributed by atoms with van der Waals surface area (Å²) >= 11 is 0. The van der Waals surface area contributed by atoms with Gasteiger partial charge in [-0.05, 0) is 52.4 Å². The second kappa shape index (κ2) is 6.93. The number of rotatable bonds is 2. The van der Waals surface area contributed by atoms with Crippen molar-refractivity contribution >= 4 is 17.0 Å². The van der Waals surface area contributed by atoms with Gasteiger partial charge in [-0.15, -0.1) is 0 Å². The molecule has 0 atom stereocenters. The highest BCUT2D eigenvalue weighted by molar-refractivity contribution is 5.74. The molecule has 0 spiro atoms. The molecular formula is C20H32N6O. The maximum absolute atomic E-state index is 12.5. The molecule has 3 heterocycles. The molecule has 0 radical (unpaired) electrons. The van der Waals surface area contributed by atoms with Crippen LogP contribution in [0.25, 0.3) is 11.0 Å². The number of aromatic nitrogens is 4. The molecule has 1 N–H and O–H groups in total. The van der Waals surface area contributed by atoms with Crippen molar-refractivity contribution in [2.75, 3.05) is 31.1 Å². The highest BCUT2D eigenvalue weighted by Crippen LogP contribution is 2.28. The molecule has 0 bridgehead atoms. The predicted molar refractivity (Wildman–Crippen MR) is 108 cm³/mol. The van der Waals surface area contributed by atoms with E-state index in [9.17, 15) is 4.79 Å². The molecule has 0 amide bonds. The van der Waals surface area contributed by atoms with Gasteiger partial charge in [0.1, 0.15) is 5.39 Å². The van der Waals surface area contributed by atoms with E-state index in [0.29, 0.717) is 17.0 Å². The van der Waals surface area contributed by atoms with Gasteiger partial charge in [0.05, 0.1) is 11.7 Å². The largest absolute Gasteiger partial charge is 0.340 e. The fourth-order valence-electron chi connectivity index (χ4n) is 4.45. The topological polar surface area (TPSA) is 70.1 Å². The Labute approximate surface area is 160 Å². The summed E-state index contributed by atoms with van der Waals surface area (Å²) in [4.78, 5) is 25.1. The summed E-state index contributed by atoms with van der Waals surface area (Å²) in [5.41, 5.74) is 0.357. The van der Waals surface area contributed by atoms with Gasteiger partial charge in [0, 0.05) is 32.2 Å². The van der Waals surface area contributed by atoms with Crippen LogP contribution in [0.1, 0.15) is 53.4 Å². The molecule has 7 heteroatoms. The van der Waals surface area contributed by atoms with Crippen LogP contribution in [0.4, 0.5) is 5.95 Å². The summed E-state index contributed by atoms with van der Waals surface area (Å²) < 4.78 is 1.85. The Morgan fingerprint density at radius 1 is 1.07 bits per heavy atom. The van der Waals surface area contributed by atoms with Crippen LogP contribution >= 0.6 is 0 Å². The number of nitrogens with zero attached hydrogens (tertiary/aromatic N) is 5. The number of nitrogens with one attached hydrogen (secondary N) is 1. The number of aromatic amines is 1. The number of piperazine rings is 1. The molecule has 0 aromatic carbocycles. The van der Waals surface area contributed by atoms with Crippen LogP contribution in [-0.2, 0) is 5.54 Å². The standard InChI is InChI=1S/C20H32N6O/c1-14-5-7-15(8-6-14)24-9-11-25(12-10-24)19-22-17-16(18(27)23-19)13-21-26(17)20(2,3)4/h13-15H,5-12H2,1-4H3,(H,22,23,27). The lowest BCUT2D eigenvalue weighted by molar-refractivity contribution is 0.132. The minimum absolute atomic E-state index is 0.103. The minimum atomic E-state index is -0.212. The van der Waals surface area contributed by atoms with Gasteiger partial charge in [-0.1, -0.05) is 6.92 Å². The lowest BCUT2D eigenvalue weighted by Gasteiger charge is -2.41. The lowest BCUT2D eigenvalue weighted by Crippen LogP contribution is -2.51. The normalized spacial score (nSPS) is 25.3. The average molecular weight is 373 g/mol. The summed E-state index contributed by atoms with van der Waals surface area (Å²) in [6.07, 6.45) is 6.98. The third-order valence-corrected chi connectivity index (χ3v) is 6.18. The Hall–Kier alpha value is -1.89. The second-order valence-corrected chi connectivity index (χ2v) is 9.29. The molecule has 148 valence electrons. The Morgan fingerprint density at radius 3 is 2.37 bits per heavy atom. The van der Waals surface area contributed by atoms with Crippen molar-refractivity contribution in [1.29, 1.82) is 0 Å². The van der Waals surface area contributed by atoms with Gasteiger partial charge in [-0.2, -0.15) is 10.1 Å². The first-order valence-corrected chi connectivity index (χ1v) is 10.3. The minimum Gasteiger partial charge on any atom is -0.340 e. The molecule has 1 saturated heterocycles. The third kappa shape index (κ3) is 3.61. The van der Waals surface area contributed by atoms with Crippen LogP contribution in [0.3, 0.4) is 0 Å². The SMILES string of the molecule is CC1CCC(N2CCN(c3nc4c(cnn4C(C)(C)C)c(=O)[nH]3)CC2)CC1. The number of hydrogen-bond donors (Lipinski definition) is 1. The van der Waals surface area contributed by atoms with Gasteiger partial charge in [0.2, 0.25) is 5.95 Å². The quantitative estimate of drug-likeness (QED) is 0.877. The maximum Gasteiger partial charge on any atom is 0.263 e. The molecule has 1 saturated carbocycles. The molecule has 2 aliphatic rings. The first-order valence-electron chi connectivity index (χ1n) is 10.3. The van der Waals surface area contributed by atoms with E-state index in [2.05, 4.69) is 47.6 Å². The lowest BCUT2D eigenvalue weighted by atomic mass is 9.86. The summed E-state index contributed by atoms with van der Waals surface area (Å²) in [5, 5.41) is 4.96. The van der Waals surface area contributed by atoms with E-state index in [-0.39, 0.29) is 11.1 Å². The molecule has 7 nitrogen and oxygen atoms in total. The van der Waals surface area contributed by atoms with Crippen molar-refractivity contribution in [3.63, 3.8) is 0 Å². The average Bonchev–Trinajstić information content (AvgIpc) is 3.07. The fraction of sp³-hybridized carbons (Fsp3) is 0.750. The van der Waals surface area contributed by atoms with E-state index in [1.165, 1.54) is 25.7 Å². The van der Waals surface area contributed by atoms with Crippen molar-refractivity contribution in [3.05, 3.63) is 16.6 Å². The molecule has 2 aromatic heterocycles. The Morgan fingerprint density at radius 2 is 1.74 bits per heavy atom. The van der Waals surface area contributed by atoms with Crippen LogP contribution in [-0.4, -0.2) is 56.9 Å². The Kier molecular flexibility index (Phi) is 4.74. The monoisotopic (exact) mass is 372 g/mol. The van der Waals surface area contributed by atoms with Crippen molar-refractivity contribution in [3.8, 4) is 0 Å². The van der Waals surface area contributed by atoms with Gasteiger partial charge in [-0.25, -0.2) is 4.68 Å². The Bertz CT molecular complexity index is 847. The second-order valence-electron chi connectivity index (χ2n) is 9.29. The first kappa shape index (κ1) is 18.5. The van der Waals surface area contributed by atoms with Crippen molar-refractivity contribution < 1.29 is 0 Å². The first-order chi connectivity index (χ1) is 12.8. The summed E-state index contributed by atoms with van der Waals surface area (Å²) in [6.45, 7) is 12.5. The van der Waals surface area contributed by atoms with Gasteiger partial charge in [0.15, 0.2) is 5.65 Å². The zero-order valence-electron chi connectivity index (χ0n) is 17.0. The molecule has 27 heavy (non-hydrogen) atoms. The van der Waals surface area contributed by atoms with Gasteiger partial charge in [0.25, 0.3) is 5.56 Å². The molecule has 1 aliphatic carbocycles. The van der Waals surface area contributed by atoms with Crippen molar-refractivity contribution in [2.45, 2.75) is 65.0 Å². The summed E-state index contributed by atoms with van der Waals surface area (Å²) in [5.74, 6) is 1.56. The summed E-state index contributed by atoms with van der Waals surface area (Å²) in [6, 6.07) is 0.736. The number of H-pyrrole nitrogens is 1. The predicted octanol–water partition coefficient (Wildman–Crippen LogP) is 2.58.